The van der Waals surface area contributed by atoms with Crippen molar-refractivity contribution >= 4 is 40.7 Å². The van der Waals surface area contributed by atoms with E-state index in [1.54, 1.807) is 56.6 Å². The maximum atomic E-state index is 12.5. The molecular formula is C20H20ClN3O3. The first-order chi connectivity index (χ1) is 12.8. The number of nitrogens with one attached hydrogen (secondary N) is 2. The summed E-state index contributed by atoms with van der Waals surface area (Å²) in [6, 6.07) is 11.5. The molecule has 2 N–H and O–H groups in total. The second kappa shape index (κ2) is 7.80. The summed E-state index contributed by atoms with van der Waals surface area (Å²) < 4.78 is 0. The van der Waals surface area contributed by atoms with Crippen LogP contribution >= 0.6 is 11.6 Å². The van der Waals surface area contributed by atoms with E-state index in [2.05, 4.69) is 10.6 Å². The highest BCUT2D eigenvalue weighted by Gasteiger charge is 2.29. The van der Waals surface area contributed by atoms with Gasteiger partial charge in [0.05, 0.1) is 10.6 Å². The summed E-state index contributed by atoms with van der Waals surface area (Å²) in [4.78, 5) is 38.0. The molecule has 0 bridgehead atoms. The zero-order valence-electron chi connectivity index (χ0n) is 15.1. The van der Waals surface area contributed by atoms with Crippen LogP contribution in [0.25, 0.3) is 0 Å². The van der Waals surface area contributed by atoms with Crippen LogP contribution in [0.15, 0.2) is 42.5 Å². The standard InChI is InChI=1S/C20H20ClN3O3/c1-24(2)20(27)16-11-15(8-9-17(16)21)23-19(26)13-4-3-5-14(10-13)22-18(25)12-6-7-12/h3-5,8-12H,6-7H2,1-2H3,(H,22,25)(H,23,26). The molecule has 0 unspecified atom stereocenters. The predicted octanol–water partition coefficient (Wildman–Crippen LogP) is 3.64. The van der Waals surface area contributed by atoms with Crippen molar-refractivity contribution in [1.29, 1.82) is 0 Å². The van der Waals surface area contributed by atoms with Gasteiger partial charge in [-0.2, -0.15) is 0 Å². The zero-order chi connectivity index (χ0) is 19.6. The summed E-state index contributed by atoms with van der Waals surface area (Å²) in [5.41, 5.74) is 1.75. The summed E-state index contributed by atoms with van der Waals surface area (Å²) in [5, 5.41) is 5.89. The third-order valence-electron chi connectivity index (χ3n) is 4.20. The molecule has 2 aromatic rings. The Labute approximate surface area is 162 Å². The number of carbonyl (C=O) groups excluding carboxylic acids is 3. The fraction of sp³-hybridized carbons (Fsp3) is 0.250. The van der Waals surface area contributed by atoms with E-state index in [9.17, 15) is 14.4 Å². The average molecular weight is 386 g/mol. The number of halogens is 1. The maximum absolute atomic E-state index is 12.5. The Kier molecular flexibility index (Phi) is 5.46. The van der Waals surface area contributed by atoms with Crippen LogP contribution in [0.1, 0.15) is 33.6 Å². The molecule has 0 spiro atoms. The summed E-state index contributed by atoms with van der Waals surface area (Å²) in [6.45, 7) is 0. The molecule has 140 valence electrons. The van der Waals surface area contributed by atoms with Crippen LogP contribution < -0.4 is 10.6 Å². The Bertz CT molecular complexity index is 907. The minimum atomic E-state index is -0.344. The van der Waals surface area contributed by atoms with Crippen molar-refractivity contribution in [3.63, 3.8) is 0 Å². The van der Waals surface area contributed by atoms with E-state index in [4.69, 9.17) is 11.6 Å². The first kappa shape index (κ1) is 18.9. The Morgan fingerprint density at radius 1 is 1.00 bits per heavy atom. The monoisotopic (exact) mass is 385 g/mol. The Morgan fingerprint density at radius 2 is 1.70 bits per heavy atom. The third-order valence-corrected chi connectivity index (χ3v) is 4.53. The van der Waals surface area contributed by atoms with Crippen LogP contribution in [0.2, 0.25) is 5.02 Å². The number of hydrogen-bond acceptors (Lipinski definition) is 3. The lowest BCUT2D eigenvalue weighted by molar-refractivity contribution is -0.117. The van der Waals surface area contributed by atoms with Gasteiger partial charge in [-0.1, -0.05) is 17.7 Å². The first-order valence-electron chi connectivity index (χ1n) is 8.58. The highest BCUT2D eigenvalue weighted by molar-refractivity contribution is 6.34. The van der Waals surface area contributed by atoms with Crippen molar-refractivity contribution in [3.05, 3.63) is 58.6 Å². The molecule has 1 aliphatic rings. The number of benzene rings is 2. The SMILES string of the molecule is CN(C)C(=O)c1cc(NC(=O)c2cccc(NC(=O)C3CC3)c2)ccc1Cl. The van der Waals surface area contributed by atoms with Gasteiger partial charge in [-0.3, -0.25) is 14.4 Å². The van der Waals surface area contributed by atoms with Gasteiger partial charge in [0.15, 0.2) is 0 Å². The van der Waals surface area contributed by atoms with Crippen molar-refractivity contribution in [3.8, 4) is 0 Å². The van der Waals surface area contributed by atoms with Crippen molar-refractivity contribution in [2.75, 3.05) is 24.7 Å². The van der Waals surface area contributed by atoms with Gasteiger partial charge in [-0.15, -0.1) is 0 Å². The normalized spacial score (nSPS) is 13.0. The van der Waals surface area contributed by atoms with Gasteiger partial charge in [-0.05, 0) is 49.2 Å². The molecule has 3 rings (SSSR count). The molecule has 0 radical (unpaired) electrons. The largest absolute Gasteiger partial charge is 0.345 e. The first-order valence-corrected chi connectivity index (χ1v) is 8.96. The van der Waals surface area contributed by atoms with Crippen molar-refractivity contribution in [2.24, 2.45) is 5.92 Å². The predicted molar refractivity (Wildman–Crippen MR) is 105 cm³/mol. The quantitative estimate of drug-likeness (QED) is 0.824. The topological polar surface area (TPSA) is 78.5 Å². The molecule has 1 fully saturated rings. The van der Waals surface area contributed by atoms with Crippen LogP contribution in [0.4, 0.5) is 11.4 Å². The summed E-state index contributed by atoms with van der Waals surface area (Å²) in [7, 11) is 3.26. The van der Waals surface area contributed by atoms with E-state index < -0.39 is 0 Å². The molecule has 0 atom stereocenters. The van der Waals surface area contributed by atoms with Gasteiger partial charge >= 0.3 is 0 Å². The van der Waals surface area contributed by atoms with Crippen LogP contribution in [0.3, 0.4) is 0 Å². The van der Waals surface area contributed by atoms with Crippen LogP contribution in [-0.4, -0.2) is 36.7 Å². The number of nitrogens with zero attached hydrogens (tertiary/aromatic N) is 1. The maximum Gasteiger partial charge on any atom is 0.255 e. The lowest BCUT2D eigenvalue weighted by Crippen LogP contribution is -2.22. The second-order valence-electron chi connectivity index (χ2n) is 6.69. The van der Waals surface area contributed by atoms with Crippen LogP contribution in [-0.2, 0) is 4.79 Å². The number of anilines is 2. The van der Waals surface area contributed by atoms with Gasteiger partial charge in [0, 0.05) is 37.0 Å². The van der Waals surface area contributed by atoms with Gasteiger partial charge in [0.2, 0.25) is 5.91 Å². The zero-order valence-corrected chi connectivity index (χ0v) is 15.8. The number of carbonyl (C=O) groups is 3. The van der Waals surface area contributed by atoms with Gasteiger partial charge in [0.1, 0.15) is 0 Å². The Morgan fingerprint density at radius 3 is 2.37 bits per heavy atom. The number of amides is 3. The third kappa shape index (κ3) is 4.65. The lowest BCUT2D eigenvalue weighted by atomic mass is 10.1. The van der Waals surface area contributed by atoms with E-state index in [1.807, 2.05) is 0 Å². The van der Waals surface area contributed by atoms with Crippen LogP contribution in [0.5, 0.6) is 0 Å². The highest BCUT2D eigenvalue weighted by Crippen LogP contribution is 2.30. The van der Waals surface area contributed by atoms with Gasteiger partial charge in [-0.25, -0.2) is 0 Å². The second-order valence-corrected chi connectivity index (χ2v) is 7.10. The van der Waals surface area contributed by atoms with E-state index in [1.165, 1.54) is 4.90 Å². The molecule has 2 aromatic carbocycles. The average Bonchev–Trinajstić information content (AvgIpc) is 3.48. The molecule has 0 heterocycles. The van der Waals surface area contributed by atoms with E-state index in [0.29, 0.717) is 27.5 Å². The Balaban J connectivity index is 1.74. The molecular weight excluding hydrogens is 366 g/mol. The minimum absolute atomic E-state index is 0.0166. The summed E-state index contributed by atoms with van der Waals surface area (Å²) >= 11 is 6.09. The Hall–Kier alpha value is -2.86. The summed E-state index contributed by atoms with van der Waals surface area (Å²) in [6.07, 6.45) is 1.83. The fourth-order valence-corrected chi connectivity index (χ4v) is 2.74. The smallest absolute Gasteiger partial charge is 0.255 e. The van der Waals surface area contributed by atoms with Crippen molar-refractivity contribution in [1.82, 2.24) is 4.90 Å². The van der Waals surface area contributed by atoms with E-state index in [-0.39, 0.29) is 23.6 Å². The summed E-state index contributed by atoms with van der Waals surface area (Å²) in [5.74, 6) is -0.523. The van der Waals surface area contributed by atoms with Gasteiger partial charge < -0.3 is 15.5 Å². The fourth-order valence-electron chi connectivity index (χ4n) is 2.54. The molecule has 0 aliphatic heterocycles. The molecule has 27 heavy (non-hydrogen) atoms. The number of rotatable bonds is 5. The van der Waals surface area contributed by atoms with Crippen molar-refractivity contribution in [2.45, 2.75) is 12.8 Å². The molecule has 0 saturated heterocycles. The molecule has 7 heteroatoms. The van der Waals surface area contributed by atoms with Gasteiger partial charge in [0.25, 0.3) is 11.8 Å². The van der Waals surface area contributed by atoms with Crippen molar-refractivity contribution < 1.29 is 14.4 Å². The molecule has 1 aliphatic carbocycles. The number of hydrogen-bond donors (Lipinski definition) is 2. The highest BCUT2D eigenvalue weighted by atomic mass is 35.5. The molecule has 3 amide bonds. The van der Waals surface area contributed by atoms with Crippen LogP contribution in [0, 0.1) is 5.92 Å². The van der Waals surface area contributed by atoms with E-state index in [0.717, 1.165) is 12.8 Å². The molecule has 1 saturated carbocycles. The van der Waals surface area contributed by atoms with E-state index >= 15 is 0 Å². The molecule has 6 nitrogen and oxygen atoms in total. The molecule has 0 aromatic heterocycles. The minimum Gasteiger partial charge on any atom is -0.345 e. The lowest BCUT2D eigenvalue weighted by Gasteiger charge is -2.13.